The fourth-order valence-electron chi connectivity index (χ4n) is 4.29. The van der Waals surface area contributed by atoms with Gasteiger partial charge in [0.2, 0.25) is 10.0 Å². The van der Waals surface area contributed by atoms with E-state index in [2.05, 4.69) is 10.3 Å². The van der Waals surface area contributed by atoms with Crippen LogP contribution >= 0.6 is 23.2 Å². The molecule has 0 bridgehead atoms. The number of rotatable bonds is 9. The first-order valence-corrected chi connectivity index (χ1v) is 14.3. The van der Waals surface area contributed by atoms with Crippen molar-refractivity contribution in [3.63, 3.8) is 0 Å². The molecule has 5 rings (SSSR count). The second kappa shape index (κ2) is 10.9. The van der Waals surface area contributed by atoms with Crippen molar-refractivity contribution in [3.8, 4) is 0 Å². The van der Waals surface area contributed by atoms with Crippen molar-refractivity contribution < 1.29 is 13.2 Å². The molecule has 0 aliphatic heterocycles. The molecule has 6 nitrogen and oxygen atoms in total. The van der Waals surface area contributed by atoms with Crippen molar-refractivity contribution in [3.05, 3.63) is 130 Å². The number of hydrogen-bond donors (Lipinski definition) is 1. The first kappa shape index (κ1) is 26.4. The smallest absolute Gasteiger partial charge is 0.251 e. The lowest BCUT2D eigenvalue weighted by Gasteiger charge is -2.22. The Bertz CT molecular complexity index is 1520. The van der Waals surface area contributed by atoms with E-state index < -0.39 is 10.0 Å². The van der Waals surface area contributed by atoms with Crippen LogP contribution in [-0.2, 0) is 28.7 Å². The highest BCUT2D eigenvalue weighted by atomic mass is 35.5. The molecule has 1 aliphatic rings. The van der Waals surface area contributed by atoms with Crippen molar-refractivity contribution in [2.45, 2.75) is 36.4 Å². The van der Waals surface area contributed by atoms with E-state index >= 15 is 0 Å². The zero-order valence-electron chi connectivity index (χ0n) is 20.3. The standard InChI is InChI=1S/C29H25Cl2N3O3S/c30-24-10-8-23(9-11-24)29(16-17-29)33-28(35)22-6-4-21(5-7-22)19-34(20-26-3-1-2-18-32-26)38(36,37)27-14-12-25(31)13-15-27/h1-15,18H,16-17,19-20H2,(H,33,35). The lowest BCUT2D eigenvalue weighted by Crippen LogP contribution is -2.34. The predicted molar refractivity (Wildman–Crippen MR) is 148 cm³/mol. The molecule has 1 heterocycles. The number of nitrogens with one attached hydrogen (secondary N) is 1. The second-order valence-electron chi connectivity index (χ2n) is 9.29. The summed E-state index contributed by atoms with van der Waals surface area (Å²) in [6, 6.07) is 26.0. The Morgan fingerprint density at radius 3 is 2.05 bits per heavy atom. The third-order valence-corrected chi connectivity index (χ3v) is 8.90. The van der Waals surface area contributed by atoms with Gasteiger partial charge in [0.15, 0.2) is 0 Å². The summed E-state index contributed by atoms with van der Waals surface area (Å²) in [5.41, 5.74) is 2.54. The Morgan fingerprint density at radius 1 is 0.842 bits per heavy atom. The molecule has 0 saturated heterocycles. The molecule has 4 aromatic rings. The van der Waals surface area contributed by atoms with Crippen LogP contribution in [0, 0.1) is 0 Å². The molecule has 9 heteroatoms. The van der Waals surface area contributed by atoms with Crippen LogP contribution in [-0.4, -0.2) is 23.6 Å². The van der Waals surface area contributed by atoms with Crippen molar-refractivity contribution in [1.82, 2.24) is 14.6 Å². The normalized spacial score (nSPS) is 14.3. The number of benzene rings is 3. The number of nitrogens with zero attached hydrogens (tertiary/aromatic N) is 2. The summed E-state index contributed by atoms with van der Waals surface area (Å²) in [5.74, 6) is -0.178. The van der Waals surface area contributed by atoms with E-state index in [-0.39, 0.29) is 29.4 Å². The van der Waals surface area contributed by atoms with Gasteiger partial charge in [0.25, 0.3) is 5.91 Å². The number of hydrogen-bond acceptors (Lipinski definition) is 4. The van der Waals surface area contributed by atoms with E-state index in [9.17, 15) is 13.2 Å². The first-order chi connectivity index (χ1) is 18.2. The summed E-state index contributed by atoms with van der Waals surface area (Å²) in [6.45, 7) is 0.204. The van der Waals surface area contributed by atoms with Crippen LogP contribution in [0.5, 0.6) is 0 Å². The maximum Gasteiger partial charge on any atom is 0.251 e. The molecule has 194 valence electrons. The number of aromatic nitrogens is 1. The van der Waals surface area contributed by atoms with Crippen LogP contribution in [0.1, 0.15) is 40.0 Å². The molecule has 0 radical (unpaired) electrons. The summed E-state index contributed by atoms with van der Waals surface area (Å²) in [5, 5.41) is 4.27. The van der Waals surface area contributed by atoms with E-state index in [0.29, 0.717) is 21.3 Å². The third kappa shape index (κ3) is 5.92. The average Bonchev–Trinajstić information content (AvgIpc) is 3.70. The van der Waals surface area contributed by atoms with Gasteiger partial charge in [0, 0.05) is 28.4 Å². The van der Waals surface area contributed by atoms with Crippen molar-refractivity contribution in [2.75, 3.05) is 0 Å². The van der Waals surface area contributed by atoms with E-state index in [1.165, 1.54) is 16.4 Å². The van der Waals surface area contributed by atoms with Crippen LogP contribution < -0.4 is 5.32 Å². The number of amides is 1. The Morgan fingerprint density at radius 2 is 1.47 bits per heavy atom. The minimum Gasteiger partial charge on any atom is -0.343 e. The highest BCUT2D eigenvalue weighted by molar-refractivity contribution is 7.89. The van der Waals surface area contributed by atoms with Gasteiger partial charge in [-0.15, -0.1) is 0 Å². The quantitative estimate of drug-likeness (QED) is 0.262. The Labute approximate surface area is 232 Å². The SMILES string of the molecule is O=C(NC1(c2ccc(Cl)cc2)CC1)c1ccc(CN(Cc2ccccn2)S(=O)(=O)c2ccc(Cl)cc2)cc1. The summed E-state index contributed by atoms with van der Waals surface area (Å²) in [7, 11) is -3.84. The molecule has 1 aliphatic carbocycles. The molecular weight excluding hydrogens is 541 g/mol. The number of pyridine rings is 1. The summed E-state index contributed by atoms with van der Waals surface area (Å²) < 4.78 is 28.4. The van der Waals surface area contributed by atoms with Crippen molar-refractivity contribution in [2.24, 2.45) is 0 Å². The minimum absolute atomic E-state index is 0.0949. The molecule has 1 fully saturated rings. The van der Waals surface area contributed by atoms with Gasteiger partial charge in [-0.2, -0.15) is 4.31 Å². The fourth-order valence-corrected chi connectivity index (χ4v) is 5.94. The molecule has 0 unspecified atom stereocenters. The van der Waals surface area contributed by atoms with Gasteiger partial charge in [-0.3, -0.25) is 9.78 Å². The van der Waals surface area contributed by atoms with Gasteiger partial charge in [0.1, 0.15) is 0 Å². The van der Waals surface area contributed by atoms with E-state index in [4.69, 9.17) is 23.2 Å². The molecule has 1 aromatic heterocycles. The Hall–Kier alpha value is -3.23. The lowest BCUT2D eigenvalue weighted by atomic mass is 10.0. The van der Waals surface area contributed by atoms with E-state index in [0.717, 1.165) is 24.0 Å². The van der Waals surface area contributed by atoms with Crippen LogP contribution in [0.4, 0.5) is 0 Å². The van der Waals surface area contributed by atoms with Gasteiger partial charge in [-0.25, -0.2) is 8.42 Å². The minimum atomic E-state index is -3.84. The first-order valence-electron chi connectivity index (χ1n) is 12.1. The van der Waals surface area contributed by atoms with Gasteiger partial charge >= 0.3 is 0 Å². The van der Waals surface area contributed by atoms with E-state index in [1.54, 1.807) is 54.7 Å². The highest BCUT2D eigenvalue weighted by Gasteiger charge is 2.45. The van der Waals surface area contributed by atoms with Crippen molar-refractivity contribution in [1.29, 1.82) is 0 Å². The lowest BCUT2D eigenvalue weighted by molar-refractivity contribution is 0.0930. The second-order valence-corrected chi connectivity index (χ2v) is 12.1. The zero-order valence-corrected chi connectivity index (χ0v) is 22.7. The van der Waals surface area contributed by atoms with Crippen LogP contribution in [0.15, 0.2) is 102 Å². The molecule has 1 N–H and O–H groups in total. The monoisotopic (exact) mass is 565 g/mol. The molecule has 1 amide bonds. The number of carbonyl (C=O) groups excluding carboxylic acids is 1. The molecular formula is C29H25Cl2N3O3S. The predicted octanol–water partition coefficient (Wildman–Crippen LogP) is 6.20. The average molecular weight is 567 g/mol. The number of halogens is 2. The fraction of sp³-hybridized carbons (Fsp3) is 0.172. The van der Waals surface area contributed by atoms with Crippen LogP contribution in [0.3, 0.4) is 0 Å². The largest absolute Gasteiger partial charge is 0.343 e. The highest BCUT2D eigenvalue weighted by Crippen LogP contribution is 2.45. The molecule has 1 saturated carbocycles. The van der Waals surface area contributed by atoms with Gasteiger partial charge < -0.3 is 5.32 Å². The summed E-state index contributed by atoms with van der Waals surface area (Å²) in [6.07, 6.45) is 3.36. The van der Waals surface area contributed by atoms with Gasteiger partial charge in [-0.1, -0.05) is 53.5 Å². The maximum atomic E-state index is 13.5. The van der Waals surface area contributed by atoms with E-state index in [1.807, 2.05) is 30.3 Å². The zero-order chi connectivity index (χ0) is 26.8. The molecule has 3 aromatic carbocycles. The number of carbonyl (C=O) groups is 1. The Balaban J connectivity index is 1.34. The Kier molecular flexibility index (Phi) is 7.54. The summed E-state index contributed by atoms with van der Waals surface area (Å²) in [4.78, 5) is 17.5. The van der Waals surface area contributed by atoms with Gasteiger partial charge in [0.05, 0.1) is 22.7 Å². The van der Waals surface area contributed by atoms with Crippen molar-refractivity contribution >= 4 is 39.1 Å². The number of sulfonamides is 1. The molecule has 38 heavy (non-hydrogen) atoms. The van der Waals surface area contributed by atoms with Gasteiger partial charge in [-0.05, 0) is 84.6 Å². The summed E-state index contributed by atoms with van der Waals surface area (Å²) >= 11 is 12.0. The van der Waals surface area contributed by atoms with Crippen LogP contribution in [0.2, 0.25) is 10.0 Å². The topological polar surface area (TPSA) is 79.4 Å². The molecule has 0 atom stereocenters. The molecule has 0 spiro atoms. The maximum absolute atomic E-state index is 13.5. The van der Waals surface area contributed by atoms with Crippen LogP contribution in [0.25, 0.3) is 0 Å². The third-order valence-electron chi connectivity index (χ3n) is 6.59.